The number of carbonyl (C=O) groups excluding carboxylic acids is 1. The summed E-state index contributed by atoms with van der Waals surface area (Å²) < 4.78 is 20.7. The summed E-state index contributed by atoms with van der Waals surface area (Å²) in [6.07, 6.45) is 0. The maximum atomic E-state index is 12.7. The smallest absolute Gasteiger partial charge is 0.381 e. The molecule has 0 aliphatic carbocycles. The van der Waals surface area contributed by atoms with Crippen LogP contribution in [0.1, 0.15) is 31.3 Å². The van der Waals surface area contributed by atoms with E-state index in [1.165, 1.54) is 25.3 Å². The Balaban J connectivity index is 0.00000298. The quantitative estimate of drug-likeness (QED) is 0.251. The van der Waals surface area contributed by atoms with E-state index in [4.69, 9.17) is 23.7 Å². The van der Waals surface area contributed by atoms with Gasteiger partial charge < -0.3 is 29.1 Å². The Labute approximate surface area is 207 Å². The Morgan fingerprint density at radius 1 is 1.31 bits per heavy atom. The van der Waals surface area contributed by atoms with Gasteiger partial charge in [0.2, 0.25) is 16.0 Å². The van der Waals surface area contributed by atoms with Crippen LogP contribution in [0.25, 0.3) is 0 Å². The second kappa shape index (κ2) is 15.5. The lowest BCUT2D eigenvalue weighted by Crippen LogP contribution is -2.31. The lowest BCUT2D eigenvalue weighted by Gasteiger charge is -2.20. The highest BCUT2D eigenvalue weighted by atomic mass is 32.1. The van der Waals surface area contributed by atoms with Crippen LogP contribution in [-0.2, 0) is 9.47 Å². The Morgan fingerprint density at radius 2 is 1.97 bits per heavy atom. The van der Waals surface area contributed by atoms with Crippen LogP contribution >= 0.6 is 11.3 Å². The molecule has 1 amide bonds. The average molecular weight is 513 g/mol. The van der Waals surface area contributed by atoms with E-state index in [2.05, 4.69) is 39.2 Å². The molecule has 3 N–H and O–H groups in total. The van der Waals surface area contributed by atoms with Crippen molar-refractivity contribution in [2.45, 2.75) is 26.8 Å². The monoisotopic (exact) mass is 512 g/mol. The molecule has 0 fully saturated rings. The summed E-state index contributed by atoms with van der Waals surface area (Å²) in [6, 6.07) is 0.939. The molecule has 35 heavy (non-hydrogen) atoms. The zero-order chi connectivity index (χ0) is 26.4. The Hall–Kier alpha value is -3.33. The van der Waals surface area contributed by atoms with Gasteiger partial charge in [0.25, 0.3) is 5.91 Å². The van der Waals surface area contributed by atoms with Crippen LogP contribution in [0.4, 0.5) is 16.0 Å². The van der Waals surface area contributed by atoms with E-state index >= 15 is 0 Å². The fourth-order valence-corrected chi connectivity index (χ4v) is 3.37. The number of nitrogens with zero attached hydrogens (tertiary/aromatic N) is 4. The molecule has 0 aromatic carbocycles. The first-order valence-corrected chi connectivity index (χ1v) is 11.4. The van der Waals surface area contributed by atoms with Crippen LogP contribution in [0.2, 0.25) is 0 Å². The number of nitrogens with one attached hydrogen (secondary N) is 2. The molecule has 2 rings (SSSR count). The molecule has 0 spiro atoms. The number of allylic oxidation sites excluding steroid dienone is 1. The third-order valence-corrected chi connectivity index (χ3v) is 4.70. The van der Waals surface area contributed by atoms with Crippen molar-refractivity contribution in [2.24, 2.45) is 5.10 Å². The molecule has 2 heterocycles. The molecule has 2 aromatic heterocycles. The van der Waals surface area contributed by atoms with Crippen molar-refractivity contribution >= 4 is 39.9 Å². The fraction of sp³-hybridized carbons (Fsp3) is 0.476. The van der Waals surface area contributed by atoms with Crippen LogP contribution in [0.15, 0.2) is 32.7 Å². The minimum absolute atomic E-state index is 0.138. The van der Waals surface area contributed by atoms with Gasteiger partial charge in [0.1, 0.15) is 6.61 Å². The number of hydrazone groups is 1. The summed E-state index contributed by atoms with van der Waals surface area (Å²) in [7, 11) is 3.03. The minimum Gasteiger partial charge on any atom is -0.483 e. The van der Waals surface area contributed by atoms with Gasteiger partial charge in [-0.25, -0.2) is 9.80 Å². The Kier molecular flexibility index (Phi) is 13.2. The highest BCUT2D eigenvalue weighted by Crippen LogP contribution is 2.28. The van der Waals surface area contributed by atoms with E-state index < -0.39 is 11.5 Å². The standard InChI is InChI=1S/C19H26N6O7S.C2H6/c1-11(2)25(20-3)19-24-23-18(33-19)22-16(27)14-8-13(21-12(9-29-4)10-30-5)15(17(28)32-14)31-7-6-26;1-2/h8,12,21,26H,1,3,6-7,9-10H2,2,4-5H3,(H,22,23,27);1-2H3. The van der Waals surface area contributed by atoms with Crippen LogP contribution in [0.5, 0.6) is 5.75 Å². The molecule has 0 saturated heterocycles. The summed E-state index contributed by atoms with van der Waals surface area (Å²) in [5.41, 5.74) is -0.179. The fourth-order valence-electron chi connectivity index (χ4n) is 2.59. The number of amides is 1. The number of aromatic nitrogens is 2. The molecule has 0 radical (unpaired) electrons. The summed E-state index contributed by atoms with van der Waals surface area (Å²) in [4.78, 5) is 25.2. The average Bonchev–Trinajstić information content (AvgIpc) is 3.28. The zero-order valence-electron chi connectivity index (χ0n) is 20.5. The van der Waals surface area contributed by atoms with Gasteiger partial charge in [-0.15, -0.1) is 10.2 Å². The molecule has 0 bridgehead atoms. The van der Waals surface area contributed by atoms with Crippen molar-refractivity contribution < 1.29 is 28.5 Å². The van der Waals surface area contributed by atoms with Crippen molar-refractivity contribution in [3.63, 3.8) is 0 Å². The number of rotatable bonds is 14. The maximum Gasteiger partial charge on any atom is 0.381 e. The third kappa shape index (κ3) is 8.75. The van der Waals surface area contributed by atoms with Crippen LogP contribution in [0, 0.1) is 0 Å². The summed E-state index contributed by atoms with van der Waals surface area (Å²) in [5.74, 6) is -1.23. The molecule has 2 aromatic rings. The molecule has 0 unspecified atom stereocenters. The summed E-state index contributed by atoms with van der Waals surface area (Å²) >= 11 is 1.02. The van der Waals surface area contributed by atoms with E-state index in [0.717, 1.165) is 11.3 Å². The van der Waals surface area contributed by atoms with Crippen molar-refractivity contribution in [3.05, 3.63) is 34.5 Å². The topological polar surface area (TPSA) is 161 Å². The molecule has 194 valence electrons. The third-order valence-electron chi connectivity index (χ3n) is 3.88. The number of ether oxygens (including phenoxy) is 3. The molecule has 14 heteroatoms. The second-order valence-electron chi connectivity index (χ2n) is 6.50. The van der Waals surface area contributed by atoms with Gasteiger partial charge in [0, 0.05) is 32.7 Å². The molecule has 0 aliphatic heterocycles. The number of aliphatic hydroxyl groups is 1. The van der Waals surface area contributed by atoms with Crippen LogP contribution in [0.3, 0.4) is 0 Å². The molecular weight excluding hydrogens is 480 g/mol. The lowest BCUT2D eigenvalue weighted by atomic mass is 10.2. The normalized spacial score (nSPS) is 10.3. The largest absolute Gasteiger partial charge is 0.483 e. The van der Waals surface area contributed by atoms with E-state index in [0.29, 0.717) is 10.8 Å². The maximum absolute atomic E-state index is 12.7. The van der Waals surface area contributed by atoms with Gasteiger partial charge >= 0.3 is 5.63 Å². The number of carbonyl (C=O) groups is 1. The minimum atomic E-state index is -0.908. The highest BCUT2D eigenvalue weighted by Gasteiger charge is 2.22. The molecule has 0 saturated carbocycles. The van der Waals surface area contributed by atoms with Gasteiger partial charge in [-0.2, -0.15) is 5.10 Å². The van der Waals surface area contributed by atoms with Crippen molar-refractivity contribution in [3.8, 4) is 5.75 Å². The van der Waals surface area contributed by atoms with E-state index in [9.17, 15) is 9.59 Å². The Morgan fingerprint density at radius 3 is 2.51 bits per heavy atom. The van der Waals surface area contributed by atoms with Gasteiger partial charge in [-0.3, -0.25) is 10.1 Å². The SMILES string of the molecule is C=NN(C(=C)C)c1nnc(NC(=O)c2cc(NC(COC)COC)c(OCCO)c(=O)o2)s1.CC. The number of methoxy groups -OCH3 is 2. The Bertz CT molecular complexity index is 1020. The predicted molar refractivity (Wildman–Crippen MR) is 135 cm³/mol. The van der Waals surface area contributed by atoms with Crippen molar-refractivity contribution in [2.75, 3.05) is 56.3 Å². The van der Waals surface area contributed by atoms with Gasteiger partial charge in [0.15, 0.2) is 5.76 Å². The number of aliphatic hydroxyl groups excluding tert-OH is 1. The summed E-state index contributed by atoms with van der Waals surface area (Å²) in [5, 5.41) is 28.0. The van der Waals surface area contributed by atoms with Gasteiger partial charge in [-0.05, 0) is 6.92 Å². The predicted octanol–water partition coefficient (Wildman–Crippen LogP) is 2.17. The van der Waals surface area contributed by atoms with Crippen molar-refractivity contribution in [1.82, 2.24) is 10.2 Å². The highest BCUT2D eigenvalue weighted by molar-refractivity contribution is 7.19. The summed E-state index contributed by atoms with van der Waals surface area (Å²) in [6.45, 7) is 12.9. The van der Waals surface area contributed by atoms with Crippen LogP contribution in [-0.4, -0.2) is 74.6 Å². The van der Waals surface area contributed by atoms with E-state index in [-0.39, 0.29) is 54.8 Å². The number of hydrogen-bond donors (Lipinski definition) is 3. The van der Waals surface area contributed by atoms with E-state index in [1.54, 1.807) is 6.92 Å². The number of anilines is 3. The molecule has 0 atom stereocenters. The van der Waals surface area contributed by atoms with Gasteiger partial charge in [0.05, 0.1) is 31.5 Å². The first-order chi connectivity index (χ1) is 16.8. The molecule has 0 aliphatic rings. The first kappa shape index (κ1) is 29.7. The first-order valence-electron chi connectivity index (χ1n) is 10.6. The second-order valence-corrected chi connectivity index (χ2v) is 7.45. The zero-order valence-corrected chi connectivity index (χ0v) is 21.3. The van der Waals surface area contributed by atoms with Gasteiger partial charge in [-0.1, -0.05) is 31.8 Å². The molecule has 13 nitrogen and oxygen atoms in total. The lowest BCUT2D eigenvalue weighted by molar-refractivity contribution is 0.0990. The number of hydrogen-bond acceptors (Lipinski definition) is 13. The molecular formula is C21H32N6O7S. The van der Waals surface area contributed by atoms with E-state index in [1.807, 2.05) is 13.8 Å². The van der Waals surface area contributed by atoms with Crippen molar-refractivity contribution in [1.29, 1.82) is 0 Å². The van der Waals surface area contributed by atoms with Crippen LogP contribution < -0.4 is 26.0 Å².